The van der Waals surface area contributed by atoms with E-state index in [0.717, 1.165) is 39.4 Å². The van der Waals surface area contributed by atoms with E-state index < -0.39 is 0 Å². The van der Waals surface area contributed by atoms with Crippen molar-refractivity contribution in [3.05, 3.63) is 303 Å². The zero-order chi connectivity index (χ0) is 77.0. The van der Waals surface area contributed by atoms with Crippen LogP contribution >= 0.6 is 0 Å². The summed E-state index contributed by atoms with van der Waals surface area (Å²) in [6.45, 7) is 29.3. The summed E-state index contributed by atoms with van der Waals surface area (Å²) < 4.78 is 14.3. The Morgan fingerprint density at radius 2 is 0.584 bits per heavy atom. The number of rotatable bonds is 19. The van der Waals surface area contributed by atoms with Gasteiger partial charge in [-0.15, -0.1) is 0 Å². The number of fused-ring (bicyclic) bond motifs is 30. The van der Waals surface area contributed by atoms with E-state index >= 15 is 0 Å². The lowest BCUT2D eigenvalue weighted by Crippen LogP contribution is -2.25. The van der Waals surface area contributed by atoms with Crippen molar-refractivity contribution in [1.29, 1.82) is 0 Å². The molecule has 0 bridgehead atoms. The molecule has 0 aliphatic heterocycles. The number of benzene rings is 13. The fraction of sp³-hybridized carbons (Fsp3) is 0.291. The van der Waals surface area contributed by atoms with Crippen molar-refractivity contribution < 1.29 is 8.83 Å². The second kappa shape index (κ2) is 25.4. The zero-order valence-corrected chi connectivity index (χ0v) is 68.2. The normalized spacial score (nSPS) is 16.2. The molecule has 2 heterocycles. The molecule has 0 atom stereocenters. The summed E-state index contributed by atoms with van der Waals surface area (Å²) in [5.74, 6) is 0. The highest BCUT2D eigenvalue weighted by Crippen LogP contribution is 2.67. The van der Waals surface area contributed by atoms with Crippen molar-refractivity contribution in [2.75, 3.05) is 4.90 Å². The van der Waals surface area contributed by atoms with Gasteiger partial charge in [0.05, 0.1) is 0 Å². The van der Waals surface area contributed by atoms with Gasteiger partial charge < -0.3 is 13.7 Å². The lowest BCUT2D eigenvalue weighted by molar-refractivity contribution is 0.398. The van der Waals surface area contributed by atoms with Crippen LogP contribution in [0.4, 0.5) is 17.1 Å². The zero-order valence-electron chi connectivity index (χ0n) is 68.2. The summed E-state index contributed by atoms with van der Waals surface area (Å²) >= 11 is 0. The molecular formula is C110H103NO2. The maximum Gasteiger partial charge on any atom is 0.144 e. The molecule has 6 aliphatic carbocycles. The van der Waals surface area contributed by atoms with Crippen LogP contribution in [0.3, 0.4) is 0 Å². The van der Waals surface area contributed by atoms with Crippen LogP contribution in [0.25, 0.3) is 133 Å². The maximum atomic E-state index is 7.15. The Bertz CT molecular complexity index is 6240. The van der Waals surface area contributed by atoms with Crippen molar-refractivity contribution in [3.8, 4) is 89.0 Å². The molecule has 0 radical (unpaired) electrons. The molecular weight excluding hydrogens is 1370 g/mol. The van der Waals surface area contributed by atoms with Gasteiger partial charge in [0.1, 0.15) is 22.3 Å². The molecule has 0 unspecified atom stereocenters. The van der Waals surface area contributed by atoms with Crippen LogP contribution in [0.15, 0.2) is 245 Å². The Hall–Kier alpha value is -10.7. The van der Waals surface area contributed by atoms with E-state index in [-0.39, 0.29) is 32.5 Å². The number of hydrogen-bond donors (Lipinski definition) is 0. The molecule has 0 spiro atoms. The van der Waals surface area contributed by atoms with E-state index in [1.54, 1.807) is 11.1 Å². The van der Waals surface area contributed by atoms with E-state index in [4.69, 9.17) is 8.83 Å². The van der Waals surface area contributed by atoms with Crippen molar-refractivity contribution >= 4 is 60.9 Å². The summed E-state index contributed by atoms with van der Waals surface area (Å²) in [6, 6.07) is 91.8. The molecule has 560 valence electrons. The Morgan fingerprint density at radius 1 is 0.257 bits per heavy atom. The third kappa shape index (κ3) is 9.91. The van der Waals surface area contributed by atoms with Crippen LogP contribution in [-0.4, -0.2) is 0 Å². The summed E-state index contributed by atoms with van der Waals surface area (Å²) in [6.07, 6.45) is 18.3. The molecule has 0 fully saturated rings. The smallest absolute Gasteiger partial charge is 0.144 e. The first kappa shape index (κ1) is 70.1. The van der Waals surface area contributed by atoms with Gasteiger partial charge in [-0.1, -0.05) is 330 Å². The topological polar surface area (TPSA) is 29.5 Å². The number of unbranched alkanes of at least 4 members (excludes halogenated alkanes) is 10. The predicted octanol–water partition coefficient (Wildman–Crippen LogP) is 31.6. The highest BCUT2D eigenvalue weighted by atomic mass is 16.3. The van der Waals surface area contributed by atoms with Crippen LogP contribution in [0.1, 0.15) is 240 Å². The highest BCUT2D eigenvalue weighted by molar-refractivity contribution is 6.23. The fourth-order valence-corrected chi connectivity index (χ4v) is 23.4. The third-order valence-electron chi connectivity index (χ3n) is 28.9. The molecule has 0 saturated heterocycles. The summed E-state index contributed by atoms with van der Waals surface area (Å²) in [5.41, 5.74) is 43.5. The minimum absolute atomic E-state index is 0.0315. The molecule has 0 amide bonds. The monoisotopic (exact) mass is 1470 g/mol. The van der Waals surface area contributed by atoms with Crippen molar-refractivity contribution in [1.82, 2.24) is 0 Å². The molecule has 21 rings (SSSR count). The second-order valence-electron chi connectivity index (χ2n) is 37.1. The van der Waals surface area contributed by atoms with E-state index in [1.165, 1.54) is 256 Å². The molecule has 13 aromatic carbocycles. The van der Waals surface area contributed by atoms with Gasteiger partial charge in [-0.05, 0) is 224 Å². The number of nitrogens with zero attached hydrogens (tertiary/aromatic N) is 1. The summed E-state index contributed by atoms with van der Waals surface area (Å²) in [5, 5.41) is 4.77. The van der Waals surface area contributed by atoms with Crippen molar-refractivity contribution in [3.63, 3.8) is 0 Å². The minimum atomic E-state index is -0.388. The SMILES string of the molecule is CCCCCCCCC1(CCCCCCCC)c2ccccc2-c2ccc(-c3ccc4c(c3)C(C)(C)c3cc(-c5ccc(N(c6ccc7c(c6)C(C)(C)c6c8c(c9oc%10ccccc%10c9c6-7)-c6ccccc6C8(C)C)c6ccc7c(c6)C(C)(C)c6c8c(c9oc%10ccccc%10c9c6-7)-c6ccccc6C8(C)C)cc5)ccc3-4)cc21. The lowest BCUT2D eigenvalue weighted by Gasteiger charge is -2.33. The van der Waals surface area contributed by atoms with Gasteiger partial charge in [0.25, 0.3) is 0 Å². The highest BCUT2D eigenvalue weighted by Gasteiger charge is 2.52. The van der Waals surface area contributed by atoms with Gasteiger partial charge in [0, 0.05) is 82.2 Å². The number of anilines is 3. The van der Waals surface area contributed by atoms with Gasteiger partial charge >= 0.3 is 0 Å². The van der Waals surface area contributed by atoms with Gasteiger partial charge in [-0.25, -0.2) is 0 Å². The standard InChI is InChI=1S/C110H103NO2/c1-13-15-17-19-21-33-59-110(60-34-22-20-18-16-14-2)85-42-30-23-35-73(85)76-56-49-69(63-90(76)110)68-48-55-75-74-54-47-67(61-86(74)105(3,4)87(75)62-68)66-45-50-70(51-46-66)111(71-52-57-79-88(64-71)108(9,10)99-93(79)95-81-38-26-31-43-91(81)112-103(95)97-77-36-24-28-40-83(77)106(5,6)101(97)99)72-53-58-80-89(65-72)109(11,12)100-94(80)96-82-39-27-32-44-92(82)113-104(96)98-78-37-25-29-41-84(78)107(7,8)102(98)100/h23-32,35-58,61-65H,13-22,33-34,59-60H2,1-12H3. The van der Waals surface area contributed by atoms with Crippen molar-refractivity contribution in [2.24, 2.45) is 0 Å². The molecule has 2 aromatic heterocycles. The van der Waals surface area contributed by atoms with Gasteiger partial charge in [0.15, 0.2) is 0 Å². The Balaban J connectivity index is 0.674. The molecule has 3 heteroatoms. The molecule has 6 aliphatic rings. The van der Waals surface area contributed by atoms with Gasteiger partial charge in [-0.2, -0.15) is 0 Å². The average Bonchev–Trinajstić information content (AvgIpc) is 1.51. The minimum Gasteiger partial charge on any atom is -0.455 e. The van der Waals surface area contributed by atoms with Crippen LogP contribution in [0, 0.1) is 0 Å². The van der Waals surface area contributed by atoms with Crippen LogP contribution in [-0.2, 0) is 32.5 Å². The largest absolute Gasteiger partial charge is 0.455 e. The number of hydrogen-bond acceptors (Lipinski definition) is 3. The molecule has 0 N–H and O–H groups in total. The average molecular weight is 1470 g/mol. The van der Waals surface area contributed by atoms with E-state index in [9.17, 15) is 0 Å². The second-order valence-corrected chi connectivity index (χ2v) is 37.1. The first-order valence-electron chi connectivity index (χ1n) is 42.8. The van der Waals surface area contributed by atoms with Gasteiger partial charge in [-0.3, -0.25) is 0 Å². The number of para-hydroxylation sites is 2. The fourth-order valence-electron chi connectivity index (χ4n) is 23.4. The summed E-state index contributed by atoms with van der Waals surface area (Å²) in [7, 11) is 0. The van der Waals surface area contributed by atoms with Gasteiger partial charge in [0.2, 0.25) is 0 Å². The maximum absolute atomic E-state index is 7.15. The first-order valence-corrected chi connectivity index (χ1v) is 42.8. The Kier molecular flexibility index (Phi) is 15.8. The third-order valence-corrected chi connectivity index (χ3v) is 28.9. The van der Waals surface area contributed by atoms with E-state index in [1.807, 2.05) is 0 Å². The lowest BCUT2D eigenvalue weighted by atomic mass is 9.70. The molecule has 113 heavy (non-hydrogen) atoms. The van der Waals surface area contributed by atoms with E-state index in [2.05, 4.69) is 325 Å². The Morgan fingerprint density at radius 3 is 1.06 bits per heavy atom. The van der Waals surface area contributed by atoms with E-state index in [0.29, 0.717) is 0 Å². The molecule has 0 saturated carbocycles. The Labute approximate surface area is 668 Å². The predicted molar refractivity (Wildman–Crippen MR) is 477 cm³/mol. The van der Waals surface area contributed by atoms with Crippen molar-refractivity contribution in [2.45, 2.75) is 205 Å². The molecule has 15 aromatic rings. The van der Waals surface area contributed by atoms with Crippen LogP contribution in [0.5, 0.6) is 0 Å². The summed E-state index contributed by atoms with van der Waals surface area (Å²) in [4.78, 5) is 2.56. The molecule has 3 nitrogen and oxygen atoms in total. The first-order chi connectivity index (χ1) is 54.8. The number of furan rings is 2. The quantitative estimate of drug-likeness (QED) is 0.0756. The van der Waals surface area contributed by atoms with Crippen LogP contribution < -0.4 is 4.90 Å². The van der Waals surface area contributed by atoms with Crippen LogP contribution in [0.2, 0.25) is 0 Å².